The van der Waals surface area contributed by atoms with Crippen molar-refractivity contribution >= 4 is 5.69 Å². The van der Waals surface area contributed by atoms with Crippen LogP contribution >= 0.6 is 0 Å². The van der Waals surface area contributed by atoms with E-state index in [2.05, 4.69) is 25.2 Å². The minimum absolute atomic E-state index is 0.499. The monoisotopic (exact) mass is 263 g/mol. The molecule has 2 rings (SSSR count). The van der Waals surface area contributed by atoms with E-state index < -0.39 is 0 Å². The summed E-state index contributed by atoms with van der Waals surface area (Å²) >= 11 is 0. The molecule has 3 nitrogen and oxygen atoms in total. The predicted molar refractivity (Wildman–Crippen MR) is 79.3 cm³/mol. The maximum Gasteiger partial charge on any atom is 0.163 e. The first kappa shape index (κ1) is 14.0. The fraction of sp³-hybridized carbons (Fsp3) is 0.625. The highest BCUT2D eigenvalue weighted by molar-refractivity contribution is 5.55. The Morgan fingerprint density at radius 1 is 1.11 bits per heavy atom. The van der Waals surface area contributed by atoms with Gasteiger partial charge in [0.2, 0.25) is 0 Å². The lowest BCUT2D eigenvalue weighted by molar-refractivity contribution is 0.171. The molecule has 19 heavy (non-hydrogen) atoms. The van der Waals surface area contributed by atoms with Gasteiger partial charge in [-0.15, -0.1) is 0 Å². The van der Waals surface area contributed by atoms with Gasteiger partial charge < -0.3 is 14.8 Å². The molecule has 0 fully saturated rings. The number of benzene rings is 1. The average molecular weight is 263 g/mol. The molecule has 1 aromatic rings. The van der Waals surface area contributed by atoms with E-state index in [1.807, 2.05) is 12.1 Å². The number of nitrogens with one attached hydrogen (secondary N) is 1. The van der Waals surface area contributed by atoms with Crippen molar-refractivity contribution in [3.63, 3.8) is 0 Å². The molecule has 3 heteroatoms. The summed E-state index contributed by atoms with van der Waals surface area (Å²) in [5.41, 5.74) is 1.12. The quantitative estimate of drug-likeness (QED) is 0.747. The molecule has 1 aliphatic heterocycles. The minimum atomic E-state index is 0.499. The summed E-state index contributed by atoms with van der Waals surface area (Å²) in [6.45, 7) is 5.77. The lowest BCUT2D eigenvalue weighted by Gasteiger charge is -2.21. The standard InChI is InChI=1S/C16H25NO2/c1-3-4-5-6-7-13(2)17-14-8-9-15-16(12-14)19-11-10-18-15/h8-9,12-13,17H,3-7,10-11H2,1-2H3. The molecule has 1 aromatic carbocycles. The third-order valence-electron chi connectivity index (χ3n) is 3.45. The molecule has 0 spiro atoms. The molecule has 0 aromatic heterocycles. The van der Waals surface area contributed by atoms with Crippen LogP contribution in [0.5, 0.6) is 11.5 Å². The third kappa shape index (κ3) is 4.34. The summed E-state index contributed by atoms with van der Waals surface area (Å²) in [4.78, 5) is 0. The SMILES string of the molecule is CCCCCCC(C)Nc1ccc2c(c1)OCCO2. The topological polar surface area (TPSA) is 30.5 Å². The van der Waals surface area contributed by atoms with Crippen LogP contribution in [-0.4, -0.2) is 19.3 Å². The van der Waals surface area contributed by atoms with Crippen LogP contribution in [-0.2, 0) is 0 Å². The second kappa shape index (κ2) is 7.27. The first-order chi connectivity index (χ1) is 9.29. The maximum atomic E-state index is 5.59. The van der Waals surface area contributed by atoms with Gasteiger partial charge in [-0.1, -0.05) is 32.6 Å². The van der Waals surface area contributed by atoms with E-state index in [0.717, 1.165) is 17.2 Å². The number of rotatable bonds is 7. The zero-order valence-electron chi connectivity index (χ0n) is 12.1. The van der Waals surface area contributed by atoms with Gasteiger partial charge in [-0.2, -0.15) is 0 Å². The Balaban J connectivity index is 1.81. The normalized spacial score (nSPS) is 15.1. The van der Waals surface area contributed by atoms with Crippen LogP contribution < -0.4 is 14.8 Å². The van der Waals surface area contributed by atoms with Crippen molar-refractivity contribution in [3.05, 3.63) is 18.2 Å². The molecular formula is C16H25NO2. The maximum absolute atomic E-state index is 5.59. The first-order valence-corrected chi connectivity index (χ1v) is 7.46. The number of hydrogen-bond donors (Lipinski definition) is 1. The molecule has 0 aliphatic carbocycles. The molecule has 0 radical (unpaired) electrons. The van der Waals surface area contributed by atoms with Gasteiger partial charge in [0, 0.05) is 17.8 Å². The van der Waals surface area contributed by atoms with Gasteiger partial charge >= 0.3 is 0 Å². The van der Waals surface area contributed by atoms with E-state index in [-0.39, 0.29) is 0 Å². The van der Waals surface area contributed by atoms with Crippen LogP contribution in [0.2, 0.25) is 0 Å². The summed E-state index contributed by atoms with van der Waals surface area (Å²) in [6, 6.07) is 6.59. The van der Waals surface area contributed by atoms with Crippen LogP contribution in [0.25, 0.3) is 0 Å². The molecule has 0 saturated heterocycles. The van der Waals surface area contributed by atoms with Gasteiger partial charge in [0.15, 0.2) is 11.5 Å². The van der Waals surface area contributed by atoms with Crippen LogP contribution in [0, 0.1) is 0 Å². The number of anilines is 1. The predicted octanol–water partition coefficient (Wildman–Crippen LogP) is 4.23. The van der Waals surface area contributed by atoms with E-state index in [0.29, 0.717) is 19.3 Å². The number of hydrogen-bond acceptors (Lipinski definition) is 3. The van der Waals surface area contributed by atoms with Crippen LogP contribution in [0.3, 0.4) is 0 Å². The summed E-state index contributed by atoms with van der Waals surface area (Å²) < 4.78 is 11.1. The molecule has 0 amide bonds. The lowest BCUT2D eigenvalue weighted by atomic mass is 10.1. The molecule has 1 unspecified atom stereocenters. The lowest BCUT2D eigenvalue weighted by Crippen LogP contribution is -2.17. The number of fused-ring (bicyclic) bond motifs is 1. The second-order valence-electron chi connectivity index (χ2n) is 5.25. The Morgan fingerprint density at radius 3 is 2.68 bits per heavy atom. The van der Waals surface area contributed by atoms with Crippen molar-refractivity contribution in [2.24, 2.45) is 0 Å². The fourth-order valence-electron chi connectivity index (χ4n) is 2.37. The van der Waals surface area contributed by atoms with Crippen molar-refractivity contribution in [1.29, 1.82) is 0 Å². The van der Waals surface area contributed by atoms with Crippen molar-refractivity contribution < 1.29 is 9.47 Å². The molecule has 0 bridgehead atoms. The van der Waals surface area contributed by atoms with Gasteiger partial charge in [0.25, 0.3) is 0 Å². The van der Waals surface area contributed by atoms with E-state index in [1.54, 1.807) is 0 Å². The molecular weight excluding hydrogens is 238 g/mol. The molecule has 106 valence electrons. The molecule has 1 aliphatic rings. The molecule has 1 heterocycles. The van der Waals surface area contributed by atoms with Gasteiger partial charge in [0.05, 0.1) is 0 Å². The van der Waals surface area contributed by atoms with Crippen LogP contribution in [0.1, 0.15) is 46.0 Å². The Labute approximate surface area is 116 Å². The largest absolute Gasteiger partial charge is 0.486 e. The van der Waals surface area contributed by atoms with E-state index in [4.69, 9.17) is 9.47 Å². The second-order valence-corrected chi connectivity index (χ2v) is 5.25. The Morgan fingerprint density at radius 2 is 1.89 bits per heavy atom. The third-order valence-corrected chi connectivity index (χ3v) is 3.45. The van der Waals surface area contributed by atoms with E-state index in [9.17, 15) is 0 Å². The summed E-state index contributed by atoms with van der Waals surface area (Å²) in [6.07, 6.45) is 6.49. The van der Waals surface area contributed by atoms with E-state index in [1.165, 1.54) is 32.1 Å². The Bertz CT molecular complexity index is 392. The van der Waals surface area contributed by atoms with Crippen molar-refractivity contribution in [2.45, 2.75) is 52.0 Å². The van der Waals surface area contributed by atoms with Crippen molar-refractivity contribution in [1.82, 2.24) is 0 Å². The van der Waals surface area contributed by atoms with Gasteiger partial charge in [0.1, 0.15) is 13.2 Å². The highest BCUT2D eigenvalue weighted by Crippen LogP contribution is 2.32. The smallest absolute Gasteiger partial charge is 0.163 e. The van der Waals surface area contributed by atoms with Gasteiger partial charge in [-0.05, 0) is 25.5 Å². The Hall–Kier alpha value is -1.38. The van der Waals surface area contributed by atoms with Crippen LogP contribution in [0.4, 0.5) is 5.69 Å². The first-order valence-electron chi connectivity index (χ1n) is 7.46. The van der Waals surface area contributed by atoms with E-state index >= 15 is 0 Å². The summed E-state index contributed by atoms with van der Waals surface area (Å²) in [5.74, 6) is 1.71. The fourth-order valence-corrected chi connectivity index (χ4v) is 2.37. The summed E-state index contributed by atoms with van der Waals surface area (Å²) in [7, 11) is 0. The van der Waals surface area contributed by atoms with Crippen molar-refractivity contribution in [3.8, 4) is 11.5 Å². The highest BCUT2D eigenvalue weighted by atomic mass is 16.6. The molecule has 0 saturated carbocycles. The van der Waals surface area contributed by atoms with Crippen LogP contribution in [0.15, 0.2) is 18.2 Å². The average Bonchev–Trinajstić information content (AvgIpc) is 2.43. The Kier molecular flexibility index (Phi) is 5.37. The minimum Gasteiger partial charge on any atom is -0.486 e. The van der Waals surface area contributed by atoms with Crippen molar-refractivity contribution in [2.75, 3.05) is 18.5 Å². The number of unbranched alkanes of at least 4 members (excludes halogenated alkanes) is 3. The highest BCUT2D eigenvalue weighted by Gasteiger charge is 2.12. The zero-order valence-corrected chi connectivity index (χ0v) is 12.1. The molecule has 1 atom stereocenters. The number of ether oxygens (including phenoxy) is 2. The zero-order chi connectivity index (χ0) is 13.5. The molecule has 1 N–H and O–H groups in total. The van der Waals surface area contributed by atoms with Gasteiger partial charge in [-0.3, -0.25) is 0 Å². The van der Waals surface area contributed by atoms with Gasteiger partial charge in [-0.25, -0.2) is 0 Å². The summed E-state index contributed by atoms with van der Waals surface area (Å²) in [5, 5.41) is 3.53.